The molecule has 0 radical (unpaired) electrons. The van der Waals surface area contributed by atoms with Crippen molar-refractivity contribution in [3.05, 3.63) is 41.2 Å². The van der Waals surface area contributed by atoms with Crippen LogP contribution in [0, 0.1) is 0 Å². The van der Waals surface area contributed by atoms with Crippen molar-refractivity contribution in [3.63, 3.8) is 0 Å². The van der Waals surface area contributed by atoms with Gasteiger partial charge in [0.25, 0.3) is 5.91 Å². The van der Waals surface area contributed by atoms with Gasteiger partial charge in [-0.15, -0.1) is 11.3 Å². The zero-order valence-electron chi connectivity index (χ0n) is 13.5. The Morgan fingerprint density at radius 1 is 1.50 bits per heavy atom. The van der Waals surface area contributed by atoms with E-state index in [-0.39, 0.29) is 11.9 Å². The largest absolute Gasteiger partial charge is 0.379 e. The van der Waals surface area contributed by atoms with Gasteiger partial charge in [-0.1, -0.05) is 17.8 Å². The van der Waals surface area contributed by atoms with Gasteiger partial charge in [0, 0.05) is 37.4 Å². The van der Waals surface area contributed by atoms with Gasteiger partial charge >= 0.3 is 0 Å². The van der Waals surface area contributed by atoms with Crippen LogP contribution in [0.2, 0.25) is 0 Å². The third-order valence-corrected chi connectivity index (χ3v) is 5.77. The third kappa shape index (κ3) is 4.32. The number of amides is 1. The lowest BCUT2D eigenvalue weighted by atomic mass is 10.1. The number of carbonyl (C=O) groups is 1. The Hall–Kier alpha value is -1.48. The first kappa shape index (κ1) is 17.3. The number of morpholine rings is 1. The first-order valence-electron chi connectivity index (χ1n) is 7.77. The van der Waals surface area contributed by atoms with Crippen LogP contribution in [-0.2, 0) is 4.74 Å². The number of rotatable bonds is 6. The number of thiazole rings is 1. The van der Waals surface area contributed by atoms with Crippen molar-refractivity contribution in [1.29, 1.82) is 0 Å². The van der Waals surface area contributed by atoms with Crippen molar-refractivity contribution < 1.29 is 9.53 Å². The standard InChI is InChI=1S/C16H20N4O2S2/c1-23-16-19-13(11-24-16)15(21)18-10-14(12-3-2-4-17-9-12)20-5-7-22-8-6-20/h2-4,9,11,14H,5-8,10H2,1H3,(H,18,21)/t14-/m0/s1. The maximum atomic E-state index is 12.4. The number of thioether (sulfide) groups is 1. The third-order valence-electron chi connectivity index (χ3n) is 3.90. The molecule has 0 aliphatic carbocycles. The van der Waals surface area contributed by atoms with E-state index in [1.807, 2.05) is 24.6 Å². The van der Waals surface area contributed by atoms with Crippen molar-refractivity contribution in [1.82, 2.24) is 20.2 Å². The highest BCUT2D eigenvalue weighted by atomic mass is 32.2. The molecule has 3 rings (SSSR count). The maximum Gasteiger partial charge on any atom is 0.270 e. The lowest BCUT2D eigenvalue weighted by Crippen LogP contribution is -2.43. The van der Waals surface area contributed by atoms with Crippen molar-refractivity contribution in [2.75, 3.05) is 39.1 Å². The molecule has 6 nitrogen and oxygen atoms in total. The van der Waals surface area contributed by atoms with Gasteiger partial charge in [0.2, 0.25) is 0 Å². The summed E-state index contributed by atoms with van der Waals surface area (Å²) in [6, 6.07) is 4.06. The van der Waals surface area contributed by atoms with Crippen LogP contribution in [0.3, 0.4) is 0 Å². The Morgan fingerprint density at radius 3 is 3.00 bits per heavy atom. The molecule has 1 saturated heterocycles. The number of pyridine rings is 1. The Labute approximate surface area is 149 Å². The predicted octanol–water partition coefficient (Wildman–Crippen LogP) is 2.06. The minimum Gasteiger partial charge on any atom is -0.379 e. The fourth-order valence-electron chi connectivity index (χ4n) is 2.66. The van der Waals surface area contributed by atoms with Gasteiger partial charge in [0.1, 0.15) is 10.0 Å². The highest BCUT2D eigenvalue weighted by Gasteiger charge is 2.24. The second-order valence-electron chi connectivity index (χ2n) is 5.36. The molecular weight excluding hydrogens is 344 g/mol. The predicted molar refractivity (Wildman–Crippen MR) is 95.6 cm³/mol. The van der Waals surface area contributed by atoms with Crippen molar-refractivity contribution >= 4 is 29.0 Å². The number of nitrogens with one attached hydrogen (secondary N) is 1. The molecule has 1 atom stereocenters. The number of nitrogens with zero attached hydrogens (tertiary/aromatic N) is 3. The number of aromatic nitrogens is 2. The normalized spacial score (nSPS) is 16.7. The lowest BCUT2D eigenvalue weighted by molar-refractivity contribution is 0.0161. The van der Waals surface area contributed by atoms with E-state index < -0.39 is 0 Å². The van der Waals surface area contributed by atoms with Crippen LogP contribution in [0.5, 0.6) is 0 Å². The van der Waals surface area contributed by atoms with E-state index >= 15 is 0 Å². The summed E-state index contributed by atoms with van der Waals surface area (Å²) in [7, 11) is 0. The molecule has 0 unspecified atom stereocenters. The quantitative estimate of drug-likeness (QED) is 0.792. The van der Waals surface area contributed by atoms with Crippen molar-refractivity contribution in [2.45, 2.75) is 10.4 Å². The van der Waals surface area contributed by atoms with E-state index in [1.165, 1.54) is 11.3 Å². The average Bonchev–Trinajstić information content (AvgIpc) is 3.13. The SMILES string of the molecule is CSc1nc(C(=O)NC[C@@H](c2cccnc2)N2CCOCC2)cs1. The Morgan fingerprint density at radius 2 is 2.33 bits per heavy atom. The van der Waals surface area contributed by atoms with Crippen LogP contribution in [0.4, 0.5) is 0 Å². The maximum absolute atomic E-state index is 12.4. The topological polar surface area (TPSA) is 67.4 Å². The van der Waals surface area contributed by atoms with Crippen molar-refractivity contribution in [3.8, 4) is 0 Å². The Balaban J connectivity index is 1.68. The van der Waals surface area contributed by atoms with Crippen molar-refractivity contribution in [2.24, 2.45) is 0 Å². The molecule has 0 spiro atoms. The van der Waals surface area contributed by atoms with E-state index in [0.717, 1.165) is 23.0 Å². The minimum atomic E-state index is -0.131. The van der Waals surface area contributed by atoms with Gasteiger partial charge in [-0.3, -0.25) is 14.7 Å². The molecule has 0 aromatic carbocycles. The van der Waals surface area contributed by atoms with Gasteiger partial charge in [-0.05, 0) is 17.9 Å². The van der Waals surface area contributed by atoms with E-state index in [1.54, 1.807) is 23.3 Å². The molecule has 8 heteroatoms. The van der Waals surface area contributed by atoms with Crippen LogP contribution in [0.1, 0.15) is 22.1 Å². The highest BCUT2D eigenvalue weighted by Crippen LogP contribution is 2.22. The molecule has 1 amide bonds. The molecule has 128 valence electrons. The molecule has 0 saturated carbocycles. The average molecular weight is 364 g/mol. The smallest absolute Gasteiger partial charge is 0.270 e. The molecule has 2 aromatic heterocycles. The molecule has 1 aliphatic rings. The number of hydrogen-bond donors (Lipinski definition) is 1. The van der Waals surface area contributed by atoms with E-state index in [2.05, 4.69) is 20.2 Å². The summed E-state index contributed by atoms with van der Waals surface area (Å²) in [5.74, 6) is -0.131. The zero-order valence-corrected chi connectivity index (χ0v) is 15.1. The highest BCUT2D eigenvalue weighted by molar-refractivity contribution is 8.00. The van der Waals surface area contributed by atoms with Crippen LogP contribution < -0.4 is 5.32 Å². The summed E-state index contributed by atoms with van der Waals surface area (Å²) >= 11 is 3.04. The summed E-state index contributed by atoms with van der Waals surface area (Å²) in [6.45, 7) is 3.66. The monoisotopic (exact) mass is 364 g/mol. The molecule has 0 bridgehead atoms. The summed E-state index contributed by atoms with van der Waals surface area (Å²) in [4.78, 5) is 23.2. The Kier molecular flexibility index (Phi) is 6.19. The molecule has 1 N–H and O–H groups in total. The van der Waals surface area contributed by atoms with Gasteiger partial charge < -0.3 is 10.1 Å². The van der Waals surface area contributed by atoms with Crippen LogP contribution >= 0.6 is 23.1 Å². The van der Waals surface area contributed by atoms with E-state index in [9.17, 15) is 4.79 Å². The van der Waals surface area contributed by atoms with Gasteiger partial charge in [-0.2, -0.15) is 0 Å². The lowest BCUT2D eigenvalue weighted by Gasteiger charge is -2.34. The van der Waals surface area contributed by atoms with Gasteiger partial charge in [-0.25, -0.2) is 4.98 Å². The van der Waals surface area contributed by atoms with E-state index in [4.69, 9.17) is 4.74 Å². The second kappa shape index (κ2) is 8.57. The van der Waals surface area contributed by atoms with Crippen LogP contribution in [0.25, 0.3) is 0 Å². The number of hydrogen-bond acceptors (Lipinski definition) is 7. The summed E-state index contributed by atoms with van der Waals surface area (Å²) < 4.78 is 6.34. The van der Waals surface area contributed by atoms with Gasteiger partial charge in [0.05, 0.1) is 19.3 Å². The zero-order chi connectivity index (χ0) is 16.8. The minimum absolute atomic E-state index is 0.0882. The summed E-state index contributed by atoms with van der Waals surface area (Å²) in [5.41, 5.74) is 1.58. The summed E-state index contributed by atoms with van der Waals surface area (Å²) in [5, 5.41) is 4.82. The Bertz CT molecular complexity index is 659. The number of ether oxygens (including phenoxy) is 1. The molecule has 1 aliphatic heterocycles. The fourth-order valence-corrected chi connectivity index (χ4v) is 3.90. The molecule has 1 fully saturated rings. The molecule has 24 heavy (non-hydrogen) atoms. The number of carbonyl (C=O) groups excluding carboxylic acids is 1. The summed E-state index contributed by atoms with van der Waals surface area (Å²) in [6.07, 6.45) is 5.58. The van der Waals surface area contributed by atoms with E-state index in [0.29, 0.717) is 25.5 Å². The molecule has 2 aromatic rings. The first-order chi connectivity index (χ1) is 11.8. The first-order valence-corrected chi connectivity index (χ1v) is 9.88. The fraction of sp³-hybridized carbons (Fsp3) is 0.438. The van der Waals surface area contributed by atoms with Crippen LogP contribution in [0.15, 0.2) is 34.2 Å². The van der Waals surface area contributed by atoms with Gasteiger partial charge in [0.15, 0.2) is 0 Å². The molecular formula is C16H20N4O2S2. The van der Waals surface area contributed by atoms with Crippen LogP contribution in [-0.4, -0.2) is 59.9 Å². The molecule has 3 heterocycles. The second-order valence-corrected chi connectivity index (χ2v) is 7.27.